The summed E-state index contributed by atoms with van der Waals surface area (Å²) in [6.45, 7) is 3.51. The molecule has 164 valence electrons. The lowest BCUT2D eigenvalue weighted by Gasteiger charge is -2.20. The van der Waals surface area contributed by atoms with Gasteiger partial charge in [-0.1, -0.05) is 22.9 Å². The van der Waals surface area contributed by atoms with Gasteiger partial charge in [-0.25, -0.2) is 19.3 Å². The Labute approximate surface area is 185 Å². The molecule has 1 N–H and O–H groups in total. The highest BCUT2D eigenvalue weighted by molar-refractivity contribution is 7.16. The predicted molar refractivity (Wildman–Crippen MR) is 112 cm³/mol. The lowest BCUT2D eigenvalue weighted by atomic mass is 10.1. The highest BCUT2D eigenvalue weighted by Gasteiger charge is 2.32. The summed E-state index contributed by atoms with van der Waals surface area (Å²) < 4.78 is 53.8. The van der Waals surface area contributed by atoms with E-state index in [9.17, 15) is 17.6 Å². The van der Waals surface area contributed by atoms with Crippen LogP contribution in [0.25, 0.3) is 11.3 Å². The molecule has 0 saturated carbocycles. The quantitative estimate of drug-likeness (QED) is 0.358. The molecule has 31 heavy (non-hydrogen) atoms. The Morgan fingerprint density at radius 2 is 2.03 bits per heavy atom. The van der Waals surface area contributed by atoms with Crippen molar-refractivity contribution in [3.05, 3.63) is 52.0 Å². The zero-order valence-electron chi connectivity index (χ0n) is 16.4. The van der Waals surface area contributed by atoms with Gasteiger partial charge >= 0.3 is 6.18 Å². The van der Waals surface area contributed by atoms with Gasteiger partial charge in [0, 0.05) is 29.1 Å². The number of nitrogens with zero attached hydrogens (tertiary/aromatic N) is 4. The van der Waals surface area contributed by atoms with E-state index in [0.29, 0.717) is 35.3 Å². The number of anilines is 2. The van der Waals surface area contributed by atoms with Crippen molar-refractivity contribution in [3.63, 3.8) is 0 Å². The van der Waals surface area contributed by atoms with Crippen LogP contribution >= 0.6 is 22.9 Å². The Bertz CT molecular complexity index is 1090. The molecule has 5 nitrogen and oxygen atoms in total. The van der Waals surface area contributed by atoms with Crippen molar-refractivity contribution >= 4 is 33.9 Å². The molecule has 1 fully saturated rings. The number of nitrogens with one attached hydrogen (secondary N) is 1. The second kappa shape index (κ2) is 8.68. The number of thiazole rings is 1. The fourth-order valence-corrected chi connectivity index (χ4v) is 4.71. The molecule has 1 unspecified atom stereocenters. The molecule has 0 radical (unpaired) electrons. The Balaban J connectivity index is 1.74. The summed E-state index contributed by atoms with van der Waals surface area (Å²) in [6.07, 6.45) is -1.27. The number of hydrogen-bond donors (Lipinski definition) is 1. The van der Waals surface area contributed by atoms with Crippen LogP contribution in [0.2, 0.25) is 5.15 Å². The van der Waals surface area contributed by atoms with Crippen molar-refractivity contribution in [1.29, 1.82) is 0 Å². The van der Waals surface area contributed by atoms with E-state index in [1.54, 1.807) is 0 Å². The monoisotopic (exact) mass is 471 g/mol. The van der Waals surface area contributed by atoms with E-state index in [1.807, 2.05) is 0 Å². The second-order valence-electron chi connectivity index (χ2n) is 7.33. The van der Waals surface area contributed by atoms with Gasteiger partial charge in [0.2, 0.25) is 0 Å². The van der Waals surface area contributed by atoms with Gasteiger partial charge in [-0.05, 0) is 44.5 Å². The van der Waals surface area contributed by atoms with Crippen LogP contribution in [0.4, 0.5) is 28.5 Å². The fourth-order valence-electron chi connectivity index (χ4n) is 3.55. The van der Waals surface area contributed by atoms with Crippen molar-refractivity contribution in [2.24, 2.45) is 0 Å². The minimum absolute atomic E-state index is 0.0826. The molecule has 2 aromatic heterocycles. The number of rotatable bonds is 5. The molecule has 3 aromatic rings. The van der Waals surface area contributed by atoms with Crippen LogP contribution in [0, 0.1) is 5.82 Å². The average Bonchev–Trinajstić information content (AvgIpc) is 3.27. The molecule has 0 spiro atoms. The number of likely N-dealkylation sites (tertiary alicyclic amines) is 1. The number of hydrogen-bond acceptors (Lipinski definition) is 6. The van der Waals surface area contributed by atoms with Crippen LogP contribution in [0.5, 0.6) is 0 Å². The topological polar surface area (TPSA) is 53.9 Å². The molecule has 0 bridgehead atoms. The van der Waals surface area contributed by atoms with E-state index in [4.69, 9.17) is 11.6 Å². The summed E-state index contributed by atoms with van der Waals surface area (Å²) in [5.41, 5.74) is -0.649. The lowest BCUT2D eigenvalue weighted by molar-refractivity contribution is -0.137. The van der Waals surface area contributed by atoms with Crippen LogP contribution < -0.4 is 5.32 Å². The number of halogens is 5. The van der Waals surface area contributed by atoms with Gasteiger partial charge < -0.3 is 5.32 Å². The first kappa shape index (κ1) is 21.9. The van der Waals surface area contributed by atoms with Gasteiger partial charge in [-0.15, -0.1) is 0 Å². The summed E-state index contributed by atoms with van der Waals surface area (Å²) in [5, 5.41) is 3.67. The second-order valence-corrected chi connectivity index (χ2v) is 8.80. The molecule has 0 amide bonds. The predicted octanol–water partition coefficient (Wildman–Crippen LogP) is 6.14. The Morgan fingerprint density at radius 1 is 1.23 bits per heavy atom. The molecule has 0 aliphatic carbocycles. The van der Waals surface area contributed by atoms with E-state index < -0.39 is 17.6 Å². The minimum Gasteiger partial charge on any atom is -0.316 e. The van der Waals surface area contributed by atoms with E-state index in [-0.39, 0.29) is 10.7 Å². The first-order valence-corrected chi connectivity index (χ1v) is 10.7. The van der Waals surface area contributed by atoms with E-state index >= 15 is 0 Å². The summed E-state index contributed by atoms with van der Waals surface area (Å²) >= 11 is 7.18. The van der Waals surface area contributed by atoms with Crippen molar-refractivity contribution in [3.8, 4) is 11.3 Å². The summed E-state index contributed by atoms with van der Waals surface area (Å²) in [6, 6.07) is 4.35. The third-order valence-corrected chi connectivity index (χ3v) is 6.26. The van der Waals surface area contributed by atoms with Crippen molar-refractivity contribution < 1.29 is 17.6 Å². The fraction of sp³-hybridized carbons (Fsp3) is 0.350. The zero-order chi connectivity index (χ0) is 22.2. The van der Waals surface area contributed by atoms with E-state index in [2.05, 4.69) is 32.1 Å². The number of alkyl halides is 3. The first-order chi connectivity index (χ1) is 14.7. The molecule has 1 saturated heterocycles. The Hall–Kier alpha value is -2.30. The summed E-state index contributed by atoms with van der Waals surface area (Å²) in [7, 11) is 0. The normalized spacial score (nSPS) is 17.3. The molecule has 1 aromatic carbocycles. The van der Waals surface area contributed by atoms with Crippen molar-refractivity contribution in [2.75, 3.05) is 11.9 Å². The maximum atomic E-state index is 14.1. The molecule has 3 heterocycles. The number of aromatic nitrogens is 3. The maximum Gasteiger partial charge on any atom is 0.416 e. The lowest BCUT2D eigenvalue weighted by Crippen LogP contribution is -2.25. The third-order valence-electron chi connectivity index (χ3n) is 5.10. The van der Waals surface area contributed by atoms with Crippen LogP contribution in [0.3, 0.4) is 0 Å². The van der Waals surface area contributed by atoms with Gasteiger partial charge in [0.25, 0.3) is 0 Å². The molecular weight excluding hydrogens is 454 g/mol. The third kappa shape index (κ3) is 5.13. The van der Waals surface area contributed by atoms with Gasteiger partial charge in [0.05, 0.1) is 11.3 Å². The smallest absolute Gasteiger partial charge is 0.316 e. The van der Waals surface area contributed by atoms with E-state index in [0.717, 1.165) is 36.4 Å². The standard InChI is InChI=1S/C20H18ClF4N5S/c1-11-3-2-4-30(11)9-15-18(12-5-13(20(23,24)25)7-14(22)6-12)29-19(31-15)28-17-8-16(21)26-10-27-17/h5-8,10-11H,2-4,9H2,1H3,(H,26,27,28,29). The zero-order valence-corrected chi connectivity index (χ0v) is 18.0. The highest BCUT2D eigenvalue weighted by atomic mass is 35.5. The van der Waals surface area contributed by atoms with E-state index in [1.165, 1.54) is 23.7 Å². The SMILES string of the molecule is CC1CCCN1Cc1sc(Nc2cc(Cl)ncn2)nc1-c1cc(F)cc(C(F)(F)F)c1. The van der Waals surface area contributed by atoms with Gasteiger partial charge in [0.15, 0.2) is 5.13 Å². The molecule has 1 atom stereocenters. The van der Waals surface area contributed by atoms with Crippen LogP contribution in [-0.2, 0) is 12.7 Å². The Kier molecular flexibility index (Phi) is 6.14. The minimum atomic E-state index is -4.66. The highest BCUT2D eigenvalue weighted by Crippen LogP contribution is 2.38. The summed E-state index contributed by atoms with van der Waals surface area (Å²) in [5.74, 6) is -0.563. The molecule has 4 rings (SSSR count). The molecular formula is C20H18ClF4N5S. The molecule has 1 aliphatic rings. The number of benzene rings is 1. The molecule has 1 aliphatic heterocycles. The average molecular weight is 472 g/mol. The van der Waals surface area contributed by atoms with Crippen LogP contribution in [-0.4, -0.2) is 32.4 Å². The van der Waals surface area contributed by atoms with Crippen molar-refractivity contribution in [2.45, 2.75) is 38.5 Å². The van der Waals surface area contributed by atoms with Crippen LogP contribution in [0.1, 0.15) is 30.2 Å². The first-order valence-electron chi connectivity index (χ1n) is 9.55. The summed E-state index contributed by atoms with van der Waals surface area (Å²) in [4.78, 5) is 15.3. The van der Waals surface area contributed by atoms with Gasteiger partial charge in [0.1, 0.15) is 23.1 Å². The van der Waals surface area contributed by atoms with Crippen molar-refractivity contribution in [1.82, 2.24) is 19.9 Å². The maximum absolute atomic E-state index is 14.1. The Morgan fingerprint density at radius 3 is 2.71 bits per heavy atom. The largest absolute Gasteiger partial charge is 0.416 e. The van der Waals surface area contributed by atoms with Gasteiger partial charge in [-0.2, -0.15) is 13.2 Å². The molecule has 11 heteroatoms. The van der Waals surface area contributed by atoms with Crippen LogP contribution in [0.15, 0.2) is 30.6 Å². The van der Waals surface area contributed by atoms with Gasteiger partial charge in [-0.3, -0.25) is 4.90 Å².